The number of rotatable bonds is 2. The van der Waals surface area contributed by atoms with E-state index in [0.717, 1.165) is 0 Å². The molecular formula is C9H12N6. The van der Waals surface area contributed by atoms with E-state index >= 15 is 0 Å². The molecule has 15 heavy (non-hydrogen) atoms. The number of nitrogen functional groups attached to an aromatic ring is 1. The van der Waals surface area contributed by atoms with Gasteiger partial charge in [0, 0.05) is 25.5 Å². The summed E-state index contributed by atoms with van der Waals surface area (Å²) in [5.74, 6) is 6.51. The highest BCUT2D eigenvalue weighted by Gasteiger charge is 2.09. The van der Waals surface area contributed by atoms with Gasteiger partial charge in [-0.3, -0.25) is 14.7 Å². The monoisotopic (exact) mass is 204 g/mol. The van der Waals surface area contributed by atoms with E-state index in [-0.39, 0.29) is 0 Å². The van der Waals surface area contributed by atoms with Gasteiger partial charge < -0.3 is 5.73 Å². The topological polar surface area (TPSA) is 86.0 Å². The third kappa shape index (κ3) is 1.75. The van der Waals surface area contributed by atoms with Crippen molar-refractivity contribution in [2.45, 2.75) is 0 Å². The van der Waals surface area contributed by atoms with Crippen molar-refractivity contribution in [1.82, 2.24) is 14.8 Å². The molecule has 6 nitrogen and oxygen atoms in total. The molecule has 0 radical (unpaired) electrons. The lowest BCUT2D eigenvalue weighted by molar-refractivity contribution is 0.761. The van der Waals surface area contributed by atoms with Gasteiger partial charge in [-0.2, -0.15) is 5.10 Å². The van der Waals surface area contributed by atoms with Crippen LogP contribution < -0.4 is 16.6 Å². The molecular weight excluding hydrogens is 192 g/mol. The first-order valence-electron chi connectivity index (χ1n) is 4.42. The van der Waals surface area contributed by atoms with Gasteiger partial charge in [0.15, 0.2) is 5.82 Å². The fourth-order valence-electron chi connectivity index (χ4n) is 1.27. The molecule has 2 aromatic heterocycles. The second-order valence-corrected chi connectivity index (χ2v) is 3.15. The maximum absolute atomic E-state index is 5.88. The molecule has 4 N–H and O–H groups in total. The fourth-order valence-corrected chi connectivity index (χ4v) is 1.27. The zero-order chi connectivity index (χ0) is 10.8. The maximum atomic E-state index is 5.88. The minimum atomic E-state index is 0.519. The standard InChI is InChI=1S/C9H12N6/c1-14-5-3-9(13-14)15(11)8-2-4-12-6-7(8)10/h2-6H,10-11H2,1H3. The van der Waals surface area contributed by atoms with Crippen LogP contribution in [-0.2, 0) is 7.05 Å². The van der Waals surface area contributed by atoms with Crippen LogP contribution in [0.4, 0.5) is 17.2 Å². The minimum absolute atomic E-state index is 0.519. The van der Waals surface area contributed by atoms with E-state index in [1.165, 1.54) is 5.01 Å². The Morgan fingerprint density at radius 2 is 2.20 bits per heavy atom. The zero-order valence-corrected chi connectivity index (χ0v) is 8.33. The average Bonchev–Trinajstić information content (AvgIpc) is 2.65. The lowest BCUT2D eigenvalue weighted by Crippen LogP contribution is -2.26. The van der Waals surface area contributed by atoms with E-state index in [9.17, 15) is 0 Å². The number of hydrogen-bond donors (Lipinski definition) is 2. The van der Waals surface area contributed by atoms with Crippen molar-refractivity contribution in [2.75, 3.05) is 10.7 Å². The Morgan fingerprint density at radius 1 is 1.40 bits per heavy atom. The van der Waals surface area contributed by atoms with Crippen LogP contribution in [-0.4, -0.2) is 14.8 Å². The number of hydrazine groups is 1. The van der Waals surface area contributed by atoms with Crippen molar-refractivity contribution < 1.29 is 0 Å². The Balaban J connectivity index is 2.36. The molecule has 2 aromatic rings. The summed E-state index contributed by atoms with van der Waals surface area (Å²) in [6, 6.07) is 3.55. The first-order chi connectivity index (χ1) is 7.18. The summed E-state index contributed by atoms with van der Waals surface area (Å²) in [7, 11) is 1.83. The van der Waals surface area contributed by atoms with Gasteiger partial charge in [-0.15, -0.1) is 0 Å². The summed E-state index contributed by atoms with van der Waals surface area (Å²) in [4.78, 5) is 3.89. The van der Waals surface area contributed by atoms with Crippen LogP contribution in [0.5, 0.6) is 0 Å². The third-order valence-electron chi connectivity index (χ3n) is 2.03. The molecule has 6 heteroatoms. The van der Waals surface area contributed by atoms with Crippen molar-refractivity contribution in [3.63, 3.8) is 0 Å². The van der Waals surface area contributed by atoms with Crippen LogP contribution in [0.1, 0.15) is 0 Å². The smallest absolute Gasteiger partial charge is 0.169 e. The van der Waals surface area contributed by atoms with Crippen LogP contribution in [0.2, 0.25) is 0 Å². The van der Waals surface area contributed by atoms with E-state index in [1.807, 2.05) is 13.2 Å². The van der Waals surface area contributed by atoms with Crippen LogP contribution in [0.15, 0.2) is 30.7 Å². The Labute approximate surface area is 87.1 Å². The molecule has 0 bridgehead atoms. The molecule has 0 saturated carbocycles. The average molecular weight is 204 g/mol. The number of anilines is 3. The minimum Gasteiger partial charge on any atom is -0.396 e. The second kappa shape index (κ2) is 3.58. The predicted octanol–water partition coefficient (Wildman–Crippen LogP) is 0.409. The number of nitrogens with two attached hydrogens (primary N) is 2. The molecule has 0 aliphatic carbocycles. The molecule has 0 atom stereocenters. The number of pyridine rings is 1. The van der Waals surface area contributed by atoms with Crippen molar-refractivity contribution in [1.29, 1.82) is 0 Å². The summed E-state index contributed by atoms with van der Waals surface area (Å²) in [6.07, 6.45) is 5.00. The summed E-state index contributed by atoms with van der Waals surface area (Å²) in [5, 5.41) is 5.60. The molecule has 0 aliphatic heterocycles. The summed E-state index contributed by atoms with van der Waals surface area (Å²) in [5.41, 5.74) is 6.95. The predicted molar refractivity (Wildman–Crippen MR) is 58.2 cm³/mol. The molecule has 2 rings (SSSR count). The second-order valence-electron chi connectivity index (χ2n) is 3.15. The Kier molecular flexibility index (Phi) is 2.26. The number of aryl methyl sites for hydroxylation is 1. The largest absolute Gasteiger partial charge is 0.396 e. The van der Waals surface area contributed by atoms with E-state index in [0.29, 0.717) is 17.2 Å². The molecule has 2 heterocycles. The quantitative estimate of drug-likeness (QED) is 0.546. The molecule has 0 saturated heterocycles. The van der Waals surface area contributed by atoms with Gasteiger partial charge in [0.2, 0.25) is 0 Å². The molecule has 0 fully saturated rings. The lowest BCUT2D eigenvalue weighted by atomic mass is 10.3. The molecule has 0 aliphatic rings. The highest BCUT2D eigenvalue weighted by molar-refractivity contribution is 5.70. The lowest BCUT2D eigenvalue weighted by Gasteiger charge is -2.16. The third-order valence-corrected chi connectivity index (χ3v) is 2.03. The Bertz CT molecular complexity index is 463. The van der Waals surface area contributed by atoms with Crippen LogP contribution in [0.25, 0.3) is 0 Å². The molecule has 0 unspecified atom stereocenters. The normalized spacial score (nSPS) is 10.3. The van der Waals surface area contributed by atoms with Crippen molar-refractivity contribution in [3.05, 3.63) is 30.7 Å². The zero-order valence-electron chi connectivity index (χ0n) is 8.33. The van der Waals surface area contributed by atoms with E-state index < -0.39 is 0 Å². The van der Waals surface area contributed by atoms with E-state index in [4.69, 9.17) is 11.6 Å². The van der Waals surface area contributed by atoms with E-state index in [2.05, 4.69) is 10.1 Å². The van der Waals surface area contributed by atoms with Crippen molar-refractivity contribution in [2.24, 2.45) is 12.9 Å². The van der Waals surface area contributed by atoms with Crippen molar-refractivity contribution in [3.8, 4) is 0 Å². The number of aromatic nitrogens is 3. The first kappa shape index (κ1) is 9.47. The fraction of sp³-hybridized carbons (Fsp3) is 0.111. The van der Waals surface area contributed by atoms with Gasteiger partial charge in [0.25, 0.3) is 0 Å². The highest BCUT2D eigenvalue weighted by atomic mass is 15.5. The molecule has 0 aromatic carbocycles. The number of nitrogens with zero attached hydrogens (tertiary/aromatic N) is 4. The summed E-state index contributed by atoms with van der Waals surface area (Å²) >= 11 is 0. The van der Waals surface area contributed by atoms with Crippen LogP contribution >= 0.6 is 0 Å². The van der Waals surface area contributed by atoms with Crippen molar-refractivity contribution >= 4 is 17.2 Å². The molecule has 78 valence electrons. The summed E-state index contributed by atoms with van der Waals surface area (Å²) in [6.45, 7) is 0. The van der Waals surface area contributed by atoms with Crippen LogP contribution in [0.3, 0.4) is 0 Å². The van der Waals surface area contributed by atoms with Gasteiger partial charge in [-0.1, -0.05) is 0 Å². The van der Waals surface area contributed by atoms with E-state index in [1.54, 1.807) is 29.2 Å². The van der Waals surface area contributed by atoms with Gasteiger partial charge in [-0.25, -0.2) is 5.84 Å². The summed E-state index contributed by atoms with van der Waals surface area (Å²) < 4.78 is 1.67. The Morgan fingerprint density at radius 3 is 2.80 bits per heavy atom. The highest BCUT2D eigenvalue weighted by Crippen LogP contribution is 2.24. The maximum Gasteiger partial charge on any atom is 0.169 e. The van der Waals surface area contributed by atoms with Gasteiger partial charge >= 0.3 is 0 Å². The first-order valence-corrected chi connectivity index (χ1v) is 4.42. The van der Waals surface area contributed by atoms with Gasteiger partial charge in [0.05, 0.1) is 17.6 Å². The molecule has 0 spiro atoms. The SMILES string of the molecule is Cn1ccc(N(N)c2ccncc2N)n1. The number of hydrogen-bond acceptors (Lipinski definition) is 5. The van der Waals surface area contributed by atoms with Gasteiger partial charge in [-0.05, 0) is 6.07 Å². The van der Waals surface area contributed by atoms with Crippen LogP contribution in [0, 0.1) is 0 Å². The molecule has 0 amide bonds. The Hall–Kier alpha value is -2.08. The van der Waals surface area contributed by atoms with Gasteiger partial charge in [0.1, 0.15) is 0 Å².